The van der Waals surface area contributed by atoms with Gasteiger partial charge < -0.3 is 14.6 Å². The number of rotatable bonds is 7. The highest BCUT2D eigenvalue weighted by atomic mass is 16.5. The van der Waals surface area contributed by atoms with Crippen molar-refractivity contribution >= 4 is 11.9 Å². The fourth-order valence-electron chi connectivity index (χ4n) is 4.36. The lowest BCUT2D eigenvalue weighted by atomic mass is 9.88. The maximum atomic E-state index is 13.5. The molecule has 1 saturated carbocycles. The number of hydrogen-bond acceptors (Lipinski definition) is 3. The van der Waals surface area contributed by atoms with Crippen LogP contribution in [0.1, 0.15) is 77.5 Å². The maximum Gasteiger partial charge on any atom is 0.355 e. The molecule has 1 amide bonds. The van der Waals surface area contributed by atoms with Crippen LogP contribution in [-0.2, 0) is 22.6 Å². The number of aromatic amines is 1. The highest BCUT2D eigenvalue weighted by Gasteiger charge is 2.28. The van der Waals surface area contributed by atoms with Crippen molar-refractivity contribution in [2.24, 2.45) is 5.92 Å². The van der Waals surface area contributed by atoms with Gasteiger partial charge in [-0.05, 0) is 57.2 Å². The zero-order valence-corrected chi connectivity index (χ0v) is 18.7. The fourth-order valence-corrected chi connectivity index (χ4v) is 4.36. The average Bonchev–Trinajstić information content (AvgIpc) is 3.03. The summed E-state index contributed by atoms with van der Waals surface area (Å²) >= 11 is 0. The summed E-state index contributed by atoms with van der Waals surface area (Å²) in [4.78, 5) is 30.9. The number of aromatic nitrogens is 1. The van der Waals surface area contributed by atoms with Gasteiger partial charge in [0.25, 0.3) is 0 Å². The molecule has 0 spiro atoms. The van der Waals surface area contributed by atoms with Crippen LogP contribution in [0.25, 0.3) is 0 Å². The summed E-state index contributed by atoms with van der Waals surface area (Å²) in [5.41, 5.74) is 5.62. The van der Waals surface area contributed by atoms with Gasteiger partial charge in [0, 0.05) is 24.7 Å². The summed E-state index contributed by atoms with van der Waals surface area (Å²) in [7, 11) is 0. The summed E-state index contributed by atoms with van der Waals surface area (Å²) in [5.74, 6) is -0.00530. The third kappa shape index (κ3) is 5.13. The molecule has 1 N–H and O–H groups in total. The van der Waals surface area contributed by atoms with Gasteiger partial charge in [0.05, 0.1) is 6.61 Å². The molecular weight excluding hydrogens is 376 g/mol. The van der Waals surface area contributed by atoms with Gasteiger partial charge in [-0.2, -0.15) is 0 Å². The largest absolute Gasteiger partial charge is 0.461 e. The molecule has 1 aliphatic rings. The predicted molar refractivity (Wildman–Crippen MR) is 118 cm³/mol. The first-order valence-corrected chi connectivity index (χ1v) is 11.1. The minimum atomic E-state index is -0.340. The van der Waals surface area contributed by atoms with Gasteiger partial charge >= 0.3 is 5.97 Å². The highest BCUT2D eigenvalue weighted by Crippen LogP contribution is 2.28. The number of amides is 1. The van der Waals surface area contributed by atoms with Crippen molar-refractivity contribution in [2.75, 3.05) is 6.61 Å². The lowest BCUT2D eigenvalue weighted by molar-refractivity contribution is -0.137. The smallest absolute Gasteiger partial charge is 0.355 e. The van der Waals surface area contributed by atoms with Gasteiger partial charge in [0.1, 0.15) is 5.69 Å². The van der Waals surface area contributed by atoms with E-state index in [2.05, 4.69) is 36.2 Å². The van der Waals surface area contributed by atoms with E-state index in [4.69, 9.17) is 4.74 Å². The summed E-state index contributed by atoms with van der Waals surface area (Å²) < 4.78 is 5.18. The Balaban J connectivity index is 1.87. The van der Waals surface area contributed by atoms with Crippen LogP contribution in [0.15, 0.2) is 24.3 Å². The van der Waals surface area contributed by atoms with E-state index >= 15 is 0 Å². The van der Waals surface area contributed by atoms with E-state index in [1.807, 2.05) is 18.7 Å². The molecular formula is C25H34N2O3. The highest BCUT2D eigenvalue weighted by molar-refractivity contribution is 5.90. The van der Waals surface area contributed by atoms with Crippen LogP contribution < -0.4 is 0 Å². The van der Waals surface area contributed by atoms with Crippen molar-refractivity contribution in [1.82, 2.24) is 9.88 Å². The third-order valence-electron chi connectivity index (χ3n) is 6.18. The number of esters is 1. The normalized spacial score (nSPS) is 14.5. The summed E-state index contributed by atoms with van der Waals surface area (Å²) in [6.45, 7) is 9.17. The van der Waals surface area contributed by atoms with Gasteiger partial charge in [-0.25, -0.2) is 4.79 Å². The summed E-state index contributed by atoms with van der Waals surface area (Å²) in [6.07, 6.45) is 5.43. The van der Waals surface area contributed by atoms with E-state index in [-0.39, 0.29) is 17.8 Å². The second-order valence-electron chi connectivity index (χ2n) is 8.46. The fraction of sp³-hybridized carbons (Fsp3) is 0.520. The number of ether oxygens (including phenoxy) is 1. The molecule has 1 aromatic carbocycles. The molecule has 1 fully saturated rings. The quantitative estimate of drug-likeness (QED) is 0.636. The molecule has 5 heteroatoms. The van der Waals surface area contributed by atoms with E-state index in [1.165, 1.54) is 12.0 Å². The molecule has 2 aromatic rings. The molecule has 1 heterocycles. The molecule has 3 rings (SSSR count). The van der Waals surface area contributed by atoms with Gasteiger partial charge in [-0.3, -0.25) is 4.79 Å². The Morgan fingerprint density at radius 3 is 2.33 bits per heavy atom. The van der Waals surface area contributed by atoms with E-state index < -0.39 is 0 Å². The summed E-state index contributed by atoms with van der Waals surface area (Å²) in [5, 5.41) is 0. The van der Waals surface area contributed by atoms with Crippen LogP contribution in [0.4, 0.5) is 0 Å². The van der Waals surface area contributed by atoms with Gasteiger partial charge in [0.2, 0.25) is 5.91 Å². The first-order chi connectivity index (χ1) is 14.4. The second-order valence-corrected chi connectivity index (χ2v) is 8.46. The molecule has 0 bridgehead atoms. The molecule has 1 aromatic heterocycles. The Labute approximate surface area is 179 Å². The van der Waals surface area contributed by atoms with Crippen LogP contribution in [0.5, 0.6) is 0 Å². The second kappa shape index (κ2) is 9.96. The molecule has 5 nitrogen and oxygen atoms in total. The lowest BCUT2D eigenvalue weighted by Gasteiger charge is -2.30. The third-order valence-corrected chi connectivity index (χ3v) is 6.18. The van der Waals surface area contributed by atoms with E-state index in [0.29, 0.717) is 25.4 Å². The molecule has 0 aliphatic heterocycles. The summed E-state index contributed by atoms with van der Waals surface area (Å²) in [6, 6.07) is 8.36. The molecule has 0 radical (unpaired) electrons. The molecule has 1 aliphatic carbocycles. The monoisotopic (exact) mass is 410 g/mol. The van der Waals surface area contributed by atoms with E-state index in [1.54, 1.807) is 6.92 Å². The minimum Gasteiger partial charge on any atom is -0.461 e. The molecule has 0 atom stereocenters. The molecule has 0 unspecified atom stereocenters. The Bertz CT molecular complexity index is 877. The van der Waals surface area contributed by atoms with Crippen LogP contribution in [0.3, 0.4) is 0 Å². The number of H-pyrrole nitrogens is 1. The number of hydrogen-bond donors (Lipinski definition) is 1. The molecule has 0 saturated heterocycles. The number of benzene rings is 1. The van der Waals surface area contributed by atoms with Gasteiger partial charge in [0.15, 0.2) is 0 Å². The van der Waals surface area contributed by atoms with Crippen LogP contribution in [-0.4, -0.2) is 28.4 Å². The van der Waals surface area contributed by atoms with Crippen molar-refractivity contribution in [1.29, 1.82) is 0 Å². The topological polar surface area (TPSA) is 62.4 Å². The maximum absolute atomic E-state index is 13.5. The zero-order valence-electron chi connectivity index (χ0n) is 18.7. The first kappa shape index (κ1) is 22.1. The number of aryl methyl sites for hydroxylation is 2. The Morgan fingerprint density at radius 1 is 1.03 bits per heavy atom. The van der Waals surface area contributed by atoms with Crippen molar-refractivity contribution in [2.45, 2.75) is 72.9 Å². The Kier molecular flexibility index (Phi) is 7.35. The molecule has 162 valence electrons. The Morgan fingerprint density at radius 2 is 1.70 bits per heavy atom. The number of carbonyl (C=O) groups excluding carboxylic acids is 2. The van der Waals surface area contributed by atoms with Crippen molar-refractivity contribution in [3.05, 3.63) is 57.9 Å². The average molecular weight is 411 g/mol. The predicted octanol–water partition coefficient (Wildman–Crippen LogP) is 5.23. The van der Waals surface area contributed by atoms with E-state index in [0.717, 1.165) is 48.1 Å². The number of nitrogens with zero attached hydrogens (tertiary/aromatic N) is 1. The minimum absolute atomic E-state index is 0.105. The standard InChI is InChI=1S/C25H34N2O3/c1-5-30-25(29)23-18(3)22(19(4)26-23)16-27(15-20-13-11-17(2)12-14-20)24(28)21-9-7-6-8-10-21/h11-14,21,26H,5-10,15-16H2,1-4H3. The Hall–Kier alpha value is -2.56. The number of carbonyl (C=O) groups is 2. The first-order valence-electron chi connectivity index (χ1n) is 11.1. The van der Waals surface area contributed by atoms with Crippen molar-refractivity contribution in [3.63, 3.8) is 0 Å². The lowest BCUT2D eigenvalue weighted by Crippen LogP contribution is -2.36. The molecule has 30 heavy (non-hydrogen) atoms. The van der Waals surface area contributed by atoms with Crippen molar-refractivity contribution in [3.8, 4) is 0 Å². The van der Waals surface area contributed by atoms with Crippen LogP contribution in [0, 0.1) is 26.7 Å². The van der Waals surface area contributed by atoms with Crippen LogP contribution >= 0.6 is 0 Å². The zero-order chi connectivity index (χ0) is 21.7. The number of nitrogens with one attached hydrogen (secondary N) is 1. The van der Waals surface area contributed by atoms with Gasteiger partial charge in [-0.15, -0.1) is 0 Å². The SMILES string of the molecule is CCOC(=O)c1[nH]c(C)c(CN(Cc2ccc(C)cc2)C(=O)C2CCCCC2)c1C. The van der Waals surface area contributed by atoms with Crippen LogP contribution in [0.2, 0.25) is 0 Å². The van der Waals surface area contributed by atoms with Crippen molar-refractivity contribution < 1.29 is 14.3 Å². The van der Waals surface area contributed by atoms with E-state index in [9.17, 15) is 9.59 Å². The van der Waals surface area contributed by atoms with Gasteiger partial charge in [-0.1, -0.05) is 49.1 Å².